The van der Waals surface area contributed by atoms with Crippen LogP contribution in [0.1, 0.15) is 58.5 Å². The van der Waals surface area contributed by atoms with E-state index in [1.54, 1.807) is 11.3 Å². The average Bonchev–Trinajstić information content (AvgIpc) is 3.24. The van der Waals surface area contributed by atoms with Gasteiger partial charge in [0, 0.05) is 24.0 Å². The number of nitrogens with one attached hydrogen (secondary N) is 1. The van der Waals surface area contributed by atoms with Crippen LogP contribution in [-0.4, -0.2) is 46.7 Å². The van der Waals surface area contributed by atoms with E-state index in [9.17, 15) is 4.79 Å². The van der Waals surface area contributed by atoms with Crippen LogP contribution in [0.25, 0.3) is 0 Å². The van der Waals surface area contributed by atoms with Crippen molar-refractivity contribution in [2.45, 2.75) is 58.2 Å². The first-order valence-electron chi connectivity index (χ1n) is 9.55. The van der Waals surface area contributed by atoms with E-state index in [0.717, 1.165) is 43.8 Å². The van der Waals surface area contributed by atoms with Gasteiger partial charge in [0.2, 0.25) is 5.89 Å². The third kappa shape index (κ3) is 3.79. The number of carbonyl (C=O) groups excluding carboxylic acids is 1. The zero-order valence-corrected chi connectivity index (χ0v) is 16.9. The van der Waals surface area contributed by atoms with Crippen LogP contribution in [-0.2, 0) is 23.3 Å². The molecule has 2 aromatic heterocycles. The second-order valence-electron chi connectivity index (χ2n) is 7.70. The molecule has 0 radical (unpaired) electrons. The molecule has 2 aliphatic rings. The summed E-state index contributed by atoms with van der Waals surface area (Å²) >= 11 is 1.60. The van der Waals surface area contributed by atoms with E-state index in [2.05, 4.69) is 26.4 Å². The highest BCUT2D eigenvalue weighted by Gasteiger charge is 2.42. The molecule has 2 aromatic rings. The first kappa shape index (κ1) is 18.6. The Bertz CT molecular complexity index is 821. The molecule has 1 amide bonds. The van der Waals surface area contributed by atoms with Crippen LogP contribution in [0, 0.1) is 6.92 Å². The number of piperidine rings is 1. The maximum Gasteiger partial charge on any atom is 0.261 e. The molecule has 0 saturated carbocycles. The number of hydrogen-bond acceptors (Lipinski definition) is 7. The minimum atomic E-state index is -0.254. The summed E-state index contributed by atoms with van der Waals surface area (Å²) in [6, 6.07) is 2.20. The number of fused-ring (bicyclic) bond motifs is 2. The van der Waals surface area contributed by atoms with Crippen LogP contribution in [0.2, 0.25) is 0 Å². The van der Waals surface area contributed by atoms with E-state index in [4.69, 9.17) is 9.26 Å². The molecular weight excluding hydrogens is 364 g/mol. The number of aryl methyl sites for hydroxylation is 1. The number of amides is 1. The lowest BCUT2D eigenvalue weighted by atomic mass is 9.85. The summed E-state index contributed by atoms with van der Waals surface area (Å²) in [5.74, 6) is 1.35. The fourth-order valence-electron chi connectivity index (χ4n) is 3.91. The fraction of sp³-hybridized carbons (Fsp3) is 0.632. The lowest BCUT2D eigenvalue weighted by Gasteiger charge is -2.43. The van der Waals surface area contributed by atoms with Crippen molar-refractivity contribution in [2.24, 2.45) is 0 Å². The first-order valence-corrected chi connectivity index (χ1v) is 10.4. The molecule has 1 fully saturated rings. The molecule has 0 bridgehead atoms. The number of nitrogens with zero attached hydrogens (tertiary/aromatic N) is 3. The SMILES string of the molecule is Cc1noc(CN2CCC3(CC2)OCCc2cc(C(=O)NC(C)C)sc23)n1. The van der Waals surface area contributed by atoms with Gasteiger partial charge in [0.15, 0.2) is 5.82 Å². The van der Waals surface area contributed by atoms with E-state index in [1.807, 2.05) is 20.8 Å². The lowest BCUT2D eigenvalue weighted by Crippen LogP contribution is -2.45. The van der Waals surface area contributed by atoms with Crippen molar-refractivity contribution in [1.82, 2.24) is 20.4 Å². The Kier molecular flexibility index (Phi) is 5.05. The van der Waals surface area contributed by atoms with Crippen LogP contribution >= 0.6 is 11.3 Å². The molecular formula is C19H26N4O3S. The quantitative estimate of drug-likeness (QED) is 0.864. The Morgan fingerprint density at radius 2 is 2.19 bits per heavy atom. The Morgan fingerprint density at radius 3 is 2.85 bits per heavy atom. The van der Waals surface area contributed by atoms with Gasteiger partial charge in [-0.2, -0.15) is 4.98 Å². The van der Waals surface area contributed by atoms with Gasteiger partial charge >= 0.3 is 0 Å². The average molecular weight is 391 g/mol. The minimum absolute atomic E-state index is 0.0174. The van der Waals surface area contributed by atoms with E-state index in [1.165, 1.54) is 10.4 Å². The van der Waals surface area contributed by atoms with Gasteiger partial charge in [0.1, 0.15) is 5.60 Å². The molecule has 8 heteroatoms. The minimum Gasteiger partial charge on any atom is -0.369 e. The standard InChI is InChI=1S/C19H26N4O3S/c1-12(2)20-18(24)15-10-14-4-9-25-19(17(14)27-15)5-7-23(8-6-19)11-16-21-13(3)22-26-16/h10,12H,4-9,11H2,1-3H3,(H,20,24). The van der Waals surface area contributed by atoms with Crippen molar-refractivity contribution in [2.75, 3.05) is 19.7 Å². The number of hydrogen-bond donors (Lipinski definition) is 1. The summed E-state index contributed by atoms with van der Waals surface area (Å²) in [6.45, 7) is 9.01. The van der Waals surface area contributed by atoms with Gasteiger partial charge in [-0.15, -0.1) is 11.3 Å². The van der Waals surface area contributed by atoms with E-state index >= 15 is 0 Å². The van der Waals surface area contributed by atoms with E-state index in [-0.39, 0.29) is 17.6 Å². The molecule has 146 valence electrons. The normalized spacial score (nSPS) is 19.4. The molecule has 2 aliphatic heterocycles. The number of likely N-dealkylation sites (tertiary alicyclic amines) is 1. The maximum absolute atomic E-state index is 12.4. The third-order valence-corrected chi connectivity index (χ3v) is 6.57. The molecule has 0 aromatic carbocycles. The molecule has 0 unspecified atom stereocenters. The monoisotopic (exact) mass is 390 g/mol. The van der Waals surface area contributed by atoms with Crippen molar-refractivity contribution >= 4 is 17.2 Å². The molecule has 1 N–H and O–H groups in total. The fourth-order valence-corrected chi connectivity index (χ4v) is 5.22. The van der Waals surface area contributed by atoms with Crippen LogP contribution < -0.4 is 5.32 Å². The number of ether oxygens (including phenoxy) is 1. The zero-order chi connectivity index (χ0) is 19.0. The third-order valence-electron chi connectivity index (χ3n) is 5.21. The predicted molar refractivity (Wildman–Crippen MR) is 102 cm³/mol. The lowest BCUT2D eigenvalue weighted by molar-refractivity contribution is -0.0968. The molecule has 4 heterocycles. The van der Waals surface area contributed by atoms with Gasteiger partial charge in [0.25, 0.3) is 5.91 Å². The Balaban J connectivity index is 1.47. The molecule has 1 saturated heterocycles. The van der Waals surface area contributed by atoms with Gasteiger partial charge in [-0.3, -0.25) is 9.69 Å². The van der Waals surface area contributed by atoms with Crippen molar-refractivity contribution in [1.29, 1.82) is 0 Å². The first-order chi connectivity index (χ1) is 12.9. The van der Waals surface area contributed by atoms with Crippen molar-refractivity contribution in [3.63, 3.8) is 0 Å². The van der Waals surface area contributed by atoms with Gasteiger partial charge in [0.05, 0.1) is 18.0 Å². The number of thiophene rings is 1. The van der Waals surface area contributed by atoms with Gasteiger partial charge < -0.3 is 14.6 Å². The van der Waals surface area contributed by atoms with Crippen molar-refractivity contribution < 1.29 is 14.1 Å². The van der Waals surface area contributed by atoms with Crippen molar-refractivity contribution in [3.05, 3.63) is 33.1 Å². The summed E-state index contributed by atoms with van der Waals surface area (Å²) in [5.41, 5.74) is 1.02. The Labute approximate surface area is 163 Å². The smallest absolute Gasteiger partial charge is 0.261 e. The van der Waals surface area contributed by atoms with Crippen LogP contribution in [0.15, 0.2) is 10.6 Å². The molecule has 4 rings (SSSR count). The summed E-state index contributed by atoms with van der Waals surface area (Å²) in [5, 5.41) is 6.86. The molecule has 0 aliphatic carbocycles. The zero-order valence-electron chi connectivity index (χ0n) is 16.1. The molecule has 7 nitrogen and oxygen atoms in total. The molecule has 0 atom stereocenters. The van der Waals surface area contributed by atoms with Crippen LogP contribution in [0.3, 0.4) is 0 Å². The number of aromatic nitrogens is 2. The van der Waals surface area contributed by atoms with Gasteiger partial charge in [-0.05, 0) is 51.7 Å². The van der Waals surface area contributed by atoms with Crippen LogP contribution in [0.5, 0.6) is 0 Å². The largest absolute Gasteiger partial charge is 0.369 e. The molecule has 1 spiro atoms. The topological polar surface area (TPSA) is 80.5 Å². The molecule has 27 heavy (non-hydrogen) atoms. The summed E-state index contributed by atoms with van der Waals surface area (Å²) in [7, 11) is 0. The summed E-state index contributed by atoms with van der Waals surface area (Å²) in [4.78, 5) is 21.1. The maximum atomic E-state index is 12.4. The van der Waals surface area contributed by atoms with E-state index < -0.39 is 0 Å². The highest BCUT2D eigenvalue weighted by Crippen LogP contribution is 2.45. The van der Waals surface area contributed by atoms with Gasteiger partial charge in [-0.1, -0.05) is 5.16 Å². The second-order valence-corrected chi connectivity index (χ2v) is 8.75. The predicted octanol–water partition coefficient (Wildman–Crippen LogP) is 2.64. The number of rotatable bonds is 4. The van der Waals surface area contributed by atoms with Crippen molar-refractivity contribution in [3.8, 4) is 0 Å². The highest BCUT2D eigenvalue weighted by molar-refractivity contribution is 7.14. The van der Waals surface area contributed by atoms with Crippen LogP contribution in [0.4, 0.5) is 0 Å². The Hall–Kier alpha value is -1.77. The summed E-state index contributed by atoms with van der Waals surface area (Å²) < 4.78 is 11.6. The van der Waals surface area contributed by atoms with E-state index in [0.29, 0.717) is 18.3 Å². The van der Waals surface area contributed by atoms with Gasteiger partial charge in [-0.25, -0.2) is 0 Å². The summed E-state index contributed by atoms with van der Waals surface area (Å²) in [6.07, 6.45) is 2.71. The Morgan fingerprint density at radius 1 is 1.41 bits per heavy atom. The second kappa shape index (κ2) is 7.33. The number of carbonyl (C=O) groups is 1. The highest BCUT2D eigenvalue weighted by atomic mass is 32.1.